The Labute approximate surface area is 183 Å². The lowest BCUT2D eigenvalue weighted by atomic mass is 10.1. The predicted octanol–water partition coefficient (Wildman–Crippen LogP) is 4.59. The number of imidazole rings is 1. The van der Waals surface area contributed by atoms with E-state index in [0.29, 0.717) is 11.4 Å². The number of nitrogens with one attached hydrogen (secondary N) is 1. The first kappa shape index (κ1) is 19.6. The molecule has 0 spiro atoms. The molecule has 0 atom stereocenters. The summed E-state index contributed by atoms with van der Waals surface area (Å²) in [7, 11) is 1.88. The fraction of sp³-hybridized carbons (Fsp3) is 0.0833. The number of nitrogens with zero attached hydrogens (tertiary/aromatic N) is 5. The molecule has 158 valence electrons. The zero-order valence-corrected chi connectivity index (χ0v) is 17.5. The van der Waals surface area contributed by atoms with Gasteiger partial charge in [0.25, 0.3) is 0 Å². The standard InChI is InChI=1S/C24H19FN6O/c1-15(32)29-20-7-17(22-5-4-19(25)12-26-22)8-21(10-20)31-14-27-23-9-16(3-6-24(23)31)18-11-28-30(2)13-18/h3-14H,1-2H3,(H,29,32). The van der Waals surface area contributed by atoms with Gasteiger partial charge in [-0.3, -0.25) is 19.0 Å². The molecule has 8 heteroatoms. The zero-order chi connectivity index (χ0) is 22.2. The second-order valence-corrected chi connectivity index (χ2v) is 7.53. The molecule has 0 saturated heterocycles. The molecule has 0 unspecified atom stereocenters. The highest BCUT2D eigenvalue weighted by molar-refractivity contribution is 5.90. The van der Waals surface area contributed by atoms with Crippen molar-refractivity contribution in [1.82, 2.24) is 24.3 Å². The molecule has 0 radical (unpaired) electrons. The van der Waals surface area contributed by atoms with E-state index in [-0.39, 0.29) is 5.91 Å². The number of pyridine rings is 1. The average Bonchev–Trinajstić information content (AvgIpc) is 3.39. The summed E-state index contributed by atoms with van der Waals surface area (Å²) >= 11 is 0. The predicted molar refractivity (Wildman–Crippen MR) is 121 cm³/mol. The Balaban J connectivity index is 1.62. The van der Waals surface area contributed by atoms with E-state index in [4.69, 9.17) is 0 Å². The Morgan fingerprint density at radius 2 is 1.84 bits per heavy atom. The van der Waals surface area contributed by atoms with E-state index in [1.54, 1.807) is 17.1 Å². The Hall–Kier alpha value is -4.33. The third-order valence-electron chi connectivity index (χ3n) is 5.12. The number of hydrogen-bond acceptors (Lipinski definition) is 4. The third kappa shape index (κ3) is 3.74. The van der Waals surface area contributed by atoms with Crippen molar-refractivity contribution in [2.45, 2.75) is 6.92 Å². The molecule has 5 rings (SSSR count). The number of aryl methyl sites for hydroxylation is 1. The Morgan fingerprint density at radius 1 is 0.969 bits per heavy atom. The summed E-state index contributed by atoms with van der Waals surface area (Å²) in [6, 6.07) is 14.6. The van der Waals surface area contributed by atoms with Crippen LogP contribution < -0.4 is 5.32 Å². The molecular weight excluding hydrogens is 407 g/mol. The Kier molecular flexibility index (Phi) is 4.74. The summed E-state index contributed by atoms with van der Waals surface area (Å²) in [6.45, 7) is 1.45. The van der Waals surface area contributed by atoms with E-state index < -0.39 is 5.82 Å². The molecule has 0 bridgehead atoms. The van der Waals surface area contributed by atoms with Gasteiger partial charge in [0, 0.05) is 42.7 Å². The van der Waals surface area contributed by atoms with Crippen LogP contribution in [0.1, 0.15) is 6.92 Å². The number of fused-ring (bicyclic) bond motifs is 1. The number of rotatable bonds is 4. The number of carbonyl (C=O) groups excluding carboxylic acids is 1. The van der Waals surface area contributed by atoms with Gasteiger partial charge in [-0.1, -0.05) is 6.07 Å². The molecule has 0 aliphatic heterocycles. The van der Waals surface area contributed by atoms with Crippen molar-refractivity contribution in [3.8, 4) is 28.1 Å². The van der Waals surface area contributed by atoms with Gasteiger partial charge < -0.3 is 5.32 Å². The van der Waals surface area contributed by atoms with Gasteiger partial charge in [-0.15, -0.1) is 0 Å². The number of hydrogen-bond donors (Lipinski definition) is 1. The average molecular weight is 426 g/mol. The lowest BCUT2D eigenvalue weighted by Crippen LogP contribution is -2.07. The molecule has 5 aromatic rings. The van der Waals surface area contributed by atoms with E-state index in [2.05, 4.69) is 20.4 Å². The zero-order valence-electron chi connectivity index (χ0n) is 17.5. The molecule has 3 heterocycles. The van der Waals surface area contributed by atoms with Gasteiger partial charge in [0.15, 0.2) is 0 Å². The number of aromatic nitrogens is 5. The molecule has 3 aromatic heterocycles. The van der Waals surface area contributed by atoms with Crippen LogP contribution in [0.2, 0.25) is 0 Å². The van der Waals surface area contributed by atoms with Gasteiger partial charge in [-0.25, -0.2) is 9.37 Å². The van der Waals surface area contributed by atoms with E-state index in [1.807, 2.05) is 60.4 Å². The van der Waals surface area contributed by atoms with Gasteiger partial charge in [0.2, 0.25) is 5.91 Å². The molecule has 0 saturated carbocycles. The van der Waals surface area contributed by atoms with E-state index in [9.17, 15) is 9.18 Å². The maximum atomic E-state index is 13.4. The first-order chi connectivity index (χ1) is 15.5. The molecule has 0 aliphatic rings. The van der Waals surface area contributed by atoms with E-state index in [0.717, 1.165) is 33.4 Å². The minimum absolute atomic E-state index is 0.184. The fourth-order valence-corrected chi connectivity index (χ4v) is 3.69. The first-order valence-electron chi connectivity index (χ1n) is 9.97. The van der Waals surface area contributed by atoms with Crippen molar-refractivity contribution in [2.24, 2.45) is 7.05 Å². The minimum atomic E-state index is -0.406. The van der Waals surface area contributed by atoms with E-state index in [1.165, 1.54) is 19.2 Å². The normalized spacial score (nSPS) is 11.1. The van der Waals surface area contributed by atoms with Crippen LogP contribution in [0.15, 0.2) is 73.4 Å². The summed E-state index contributed by atoms with van der Waals surface area (Å²) in [6.07, 6.45) is 6.69. The number of benzene rings is 2. The van der Waals surface area contributed by atoms with Crippen LogP contribution in [0.3, 0.4) is 0 Å². The van der Waals surface area contributed by atoms with Crippen LogP contribution in [0, 0.1) is 5.82 Å². The lowest BCUT2D eigenvalue weighted by Gasteiger charge is -2.12. The summed E-state index contributed by atoms with van der Waals surface area (Å²) in [4.78, 5) is 20.4. The van der Waals surface area contributed by atoms with E-state index >= 15 is 0 Å². The maximum Gasteiger partial charge on any atom is 0.221 e. The second kappa shape index (κ2) is 7.73. The monoisotopic (exact) mass is 426 g/mol. The topological polar surface area (TPSA) is 77.6 Å². The van der Waals surface area contributed by atoms with Crippen LogP contribution in [0.4, 0.5) is 10.1 Å². The van der Waals surface area contributed by atoms with Gasteiger partial charge in [0.05, 0.1) is 29.1 Å². The molecule has 32 heavy (non-hydrogen) atoms. The van der Waals surface area contributed by atoms with Crippen molar-refractivity contribution >= 4 is 22.6 Å². The SMILES string of the molecule is CC(=O)Nc1cc(-c2ccc(F)cn2)cc(-n2cnc3cc(-c4cnn(C)c4)ccc32)c1. The van der Waals surface area contributed by atoms with Crippen molar-refractivity contribution in [3.05, 3.63) is 79.3 Å². The number of amides is 1. The number of carbonyl (C=O) groups is 1. The van der Waals surface area contributed by atoms with Gasteiger partial charge in [0.1, 0.15) is 12.1 Å². The smallest absolute Gasteiger partial charge is 0.221 e. The summed E-state index contributed by atoms with van der Waals surface area (Å²) in [5.74, 6) is -0.589. The maximum absolute atomic E-state index is 13.4. The molecule has 1 N–H and O–H groups in total. The highest BCUT2D eigenvalue weighted by Gasteiger charge is 2.12. The van der Waals surface area contributed by atoms with Gasteiger partial charge in [-0.05, 0) is 48.0 Å². The first-order valence-corrected chi connectivity index (χ1v) is 9.97. The highest BCUT2D eigenvalue weighted by atomic mass is 19.1. The minimum Gasteiger partial charge on any atom is -0.326 e. The van der Waals surface area contributed by atoms with Crippen LogP contribution in [0.25, 0.3) is 39.1 Å². The molecular formula is C24H19FN6O. The van der Waals surface area contributed by atoms with Crippen molar-refractivity contribution < 1.29 is 9.18 Å². The van der Waals surface area contributed by atoms with Crippen LogP contribution in [-0.2, 0) is 11.8 Å². The van der Waals surface area contributed by atoms with Crippen LogP contribution >= 0.6 is 0 Å². The van der Waals surface area contributed by atoms with Gasteiger partial charge in [-0.2, -0.15) is 5.10 Å². The fourth-order valence-electron chi connectivity index (χ4n) is 3.69. The van der Waals surface area contributed by atoms with Crippen LogP contribution in [-0.4, -0.2) is 30.2 Å². The van der Waals surface area contributed by atoms with Crippen LogP contribution in [0.5, 0.6) is 0 Å². The third-order valence-corrected chi connectivity index (χ3v) is 5.12. The van der Waals surface area contributed by atoms with Crippen molar-refractivity contribution in [2.75, 3.05) is 5.32 Å². The Bertz CT molecular complexity index is 1450. The van der Waals surface area contributed by atoms with Crippen molar-refractivity contribution in [3.63, 3.8) is 0 Å². The quantitative estimate of drug-likeness (QED) is 0.456. The molecule has 1 amide bonds. The summed E-state index contributed by atoms with van der Waals surface area (Å²) in [5, 5.41) is 7.06. The van der Waals surface area contributed by atoms with Gasteiger partial charge >= 0.3 is 0 Å². The number of halogens is 1. The summed E-state index contributed by atoms with van der Waals surface area (Å²) in [5.41, 5.74) is 6.55. The molecule has 7 nitrogen and oxygen atoms in total. The largest absolute Gasteiger partial charge is 0.326 e. The second-order valence-electron chi connectivity index (χ2n) is 7.53. The Morgan fingerprint density at radius 3 is 2.56 bits per heavy atom. The molecule has 0 fully saturated rings. The lowest BCUT2D eigenvalue weighted by molar-refractivity contribution is -0.114. The number of anilines is 1. The highest BCUT2D eigenvalue weighted by Crippen LogP contribution is 2.29. The van der Waals surface area contributed by atoms with Crippen molar-refractivity contribution in [1.29, 1.82) is 0 Å². The molecule has 2 aromatic carbocycles. The summed E-state index contributed by atoms with van der Waals surface area (Å²) < 4.78 is 17.1. The molecule has 0 aliphatic carbocycles.